The first-order chi connectivity index (χ1) is 17.1. The van der Waals surface area contributed by atoms with Crippen LogP contribution in [0.2, 0.25) is 20.1 Å². The van der Waals surface area contributed by atoms with E-state index in [1.807, 2.05) is 0 Å². The lowest BCUT2D eigenvalue weighted by Gasteiger charge is -2.19. The van der Waals surface area contributed by atoms with Crippen molar-refractivity contribution in [2.45, 2.75) is 44.7 Å². The average Bonchev–Trinajstić information content (AvgIpc) is 2.80. The summed E-state index contributed by atoms with van der Waals surface area (Å²) in [6.07, 6.45) is 0.866. The molecule has 2 aromatic carbocycles. The topological polar surface area (TPSA) is 122 Å². The van der Waals surface area contributed by atoms with Gasteiger partial charge in [0.2, 0.25) is 0 Å². The van der Waals surface area contributed by atoms with Gasteiger partial charge in [-0.1, -0.05) is 71.4 Å². The summed E-state index contributed by atoms with van der Waals surface area (Å²) in [5.74, 6) is -3.25. The van der Waals surface area contributed by atoms with Gasteiger partial charge in [0.1, 0.15) is 12.1 Å². The number of hydrogen-bond acceptors (Lipinski definition) is 5. The number of carboxylic acid groups (broad SMARTS) is 1. The minimum atomic E-state index is -1.24. The van der Waals surface area contributed by atoms with Gasteiger partial charge in [0.25, 0.3) is 11.8 Å². The standard InChI is InChI=1S/C24H24Cl4N2O6/c1-2-36-24(35)18(30-22(32)20-15(27)9-6-10-16(20)28)12-4-3-11-17(23(33)34)29-21(31)19-13(25)7-5-8-14(19)26/h5-10,17-18H,2-4,11-12H2,1H3,(H,29,31)(H,30,32)(H,33,34). The number of benzene rings is 2. The zero-order chi connectivity index (χ0) is 26.8. The number of carbonyl (C=O) groups excluding carboxylic acids is 3. The lowest BCUT2D eigenvalue weighted by molar-refractivity contribution is -0.145. The van der Waals surface area contributed by atoms with Crippen molar-refractivity contribution in [3.05, 3.63) is 67.6 Å². The second kappa shape index (κ2) is 14.3. The van der Waals surface area contributed by atoms with Gasteiger partial charge in [-0.15, -0.1) is 0 Å². The quantitative estimate of drug-likeness (QED) is 0.229. The fourth-order valence-electron chi connectivity index (χ4n) is 3.34. The largest absolute Gasteiger partial charge is 0.480 e. The number of carboxylic acids is 1. The van der Waals surface area contributed by atoms with Crippen molar-refractivity contribution in [2.75, 3.05) is 6.61 Å². The number of halogens is 4. The van der Waals surface area contributed by atoms with Crippen LogP contribution in [0.25, 0.3) is 0 Å². The summed E-state index contributed by atoms with van der Waals surface area (Å²) in [6.45, 7) is 1.74. The number of hydrogen-bond donors (Lipinski definition) is 3. The van der Waals surface area contributed by atoms with Crippen LogP contribution in [0.3, 0.4) is 0 Å². The number of nitrogens with one attached hydrogen (secondary N) is 2. The molecule has 0 heterocycles. The smallest absolute Gasteiger partial charge is 0.328 e. The maximum Gasteiger partial charge on any atom is 0.328 e. The predicted molar refractivity (Wildman–Crippen MR) is 138 cm³/mol. The van der Waals surface area contributed by atoms with Crippen LogP contribution < -0.4 is 10.6 Å². The molecule has 8 nitrogen and oxygen atoms in total. The van der Waals surface area contributed by atoms with Gasteiger partial charge in [0.15, 0.2) is 0 Å². The highest BCUT2D eigenvalue weighted by Crippen LogP contribution is 2.25. The monoisotopic (exact) mass is 576 g/mol. The molecule has 0 saturated carbocycles. The minimum Gasteiger partial charge on any atom is -0.480 e. The molecule has 0 bridgehead atoms. The predicted octanol–water partition coefficient (Wildman–Crippen LogP) is 5.41. The van der Waals surface area contributed by atoms with Crippen LogP contribution in [0.4, 0.5) is 0 Å². The zero-order valence-electron chi connectivity index (χ0n) is 19.2. The third-order valence-electron chi connectivity index (χ3n) is 5.10. The highest BCUT2D eigenvalue weighted by Gasteiger charge is 2.26. The fourth-order valence-corrected chi connectivity index (χ4v) is 4.47. The third-order valence-corrected chi connectivity index (χ3v) is 6.35. The molecular formula is C24H24Cl4N2O6. The second-order valence-corrected chi connectivity index (χ2v) is 9.25. The number of amides is 2. The van der Waals surface area contributed by atoms with Gasteiger partial charge in [-0.25, -0.2) is 9.59 Å². The van der Waals surface area contributed by atoms with E-state index in [0.717, 1.165) is 0 Å². The average molecular weight is 578 g/mol. The molecule has 0 aliphatic rings. The number of aliphatic carboxylic acids is 1. The number of rotatable bonds is 12. The first-order valence-electron chi connectivity index (χ1n) is 11.0. The lowest BCUT2D eigenvalue weighted by atomic mass is 10.0. The van der Waals surface area contributed by atoms with E-state index in [2.05, 4.69) is 10.6 Å². The lowest BCUT2D eigenvalue weighted by Crippen LogP contribution is -2.42. The minimum absolute atomic E-state index is 0.0181. The Bertz CT molecular complexity index is 1090. The Morgan fingerprint density at radius 1 is 0.778 bits per heavy atom. The SMILES string of the molecule is CCOC(=O)C(CCCCC(NC(=O)c1c(Cl)cccc1Cl)C(=O)O)NC(=O)c1c(Cl)cccc1Cl. The Balaban J connectivity index is 2.00. The number of ether oxygens (including phenoxy) is 1. The van der Waals surface area contributed by atoms with Crippen molar-refractivity contribution in [3.63, 3.8) is 0 Å². The van der Waals surface area contributed by atoms with E-state index in [4.69, 9.17) is 51.1 Å². The molecule has 36 heavy (non-hydrogen) atoms. The maximum absolute atomic E-state index is 12.7. The molecule has 0 aromatic heterocycles. The van der Waals surface area contributed by atoms with Crippen molar-refractivity contribution in [3.8, 4) is 0 Å². The van der Waals surface area contributed by atoms with Crippen LogP contribution >= 0.6 is 46.4 Å². The van der Waals surface area contributed by atoms with Crippen molar-refractivity contribution in [2.24, 2.45) is 0 Å². The molecule has 0 fully saturated rings. The Morgan fingerprint density at radius 3 is 1.56 bits per heavy atom. The van der Waals surface area contributed by atoms with E-state index >= 15 is 0 Å². The Morgan fingerprint density at radius 2 is 1.17 bits per heavy atom. The van der Waals surface area contributed by atoms with Gasteiger partial charge in [-0.3, -0.25) is 9.59 Å². The highest BCUT2D eigenvalue weighted by atomic mass is 35.5. The summed E-state index contributed by atoms with van der Waals surface area (Å²) in [6, 6.07) is 6.86. The maximum atomic E-state index is 12.7. The van der Waals surface area contributed by atoms with Gasteiger partial charge in [0, 0.05) is 0 Å². The molecule has 2 rings (SSSR count). The Kier molecular flexibility index (Phi) is 11.8. The molecule has 0 spiro atoms. The molecule has 0 radical (unpaired) electrons. The van der Waals surface area contributed by atoms with E-state index in [1.165, 1.54) is 24.3 Å². The molecule has 12 heteroatoms. The van der Waals surface area contributed by atoms with Gasteiger partial charge in [0.05, 0.1) is 37.8 Å². The molecule has 0 aliphatic carbocycles. The van der Waals surface area contributed by atoms with Gasteiger partial charge in [-0.05, 0) is 44.0 Å². The van der Waals surface area contributed by atoms with Crippen LogP contribution in [-0.2, 0) is 14.3 Å². The molecule has 2 amide bonds. The summed E-state index contributed by atoms with van der Waals surface area (Å²) >= 11 is 24.2. The third kappa shape index (κ3) is 8.27. The van der Waals surface area contributed by atoms with Crippen molar-refractivity contribution >= 4 is 70.2 Å². The highest BCUT2D eigenvalue weighted by molar-refractivity contribution is 6.40. The summed E-state index contributed by atoms with van der Waals surface area (Å²) in [5.41, 5.74) is 0.0115. The summed E-state index contributed by atoms with van der Waals surface area (Å²) in [7, 11) is 0. The summed E-state index contributed by atoms with van der Waals surface area (Å²) in [4.78, 5) is 49.3. The summed E-state index contributed by atoms with van der Waals surface area (Å²) < 4.78 is 5.05. The first kappa shape index (κ1) is 29.7. The van der Waals surface area contributed by atoms with Gasteiger partial charge < -0.3 is 20.5 Å². The Hall–Kier alpha value is -2.52. The zero-order valence-corrected chi connectivity index (χ0v) is 22.2. The van der Waals surface area contributed by atoms with Gasteiger partial charge >= 0.3 is 11.9 Å². The van der Waals surface area contributed by atoms with Crippen LogP contribution in [0.5, 0.6) is 0 Å². The number of unbranched alkanes of at least 4 members (excludes halogenated alkanes) is 1. The normalized spacial score (nSPS) is 12.4. The van der Waals surface area contributed by atoms with Crippen LogP contribution in [0.15, 0.2) is 36.4 Å². The molecule has 194 valence electrons. The van der Waals surface area contributed by atoms with Gasteiger partial charge in [-0.2, -0.15) is 0 Å². The van der Waals surface area contributed by atoms with Crippen LogP contribution in [0, 0.1) is 0 Å². The first-order valence-corrected chi connectivity index (χ1v) is 12.5. The van der Waals surface area contributed by atoms with E-state index in [0.29, 0.717) is 12.8 Å². The van der Waals surface area contributed by atoms with E-state index in [9.17, 15) is 24.3 Å². The van der Waals surface area contributed by atoms with E-state index < -0.39 is 35.8 Å². The van der Waals surface area contributed by atoms with E-state index in [1.54, 1.807) is 19.1 Å². The molecule has 0 saturated heterocycles. The number of carbonyl (C=O) groups is 4. The molecule has 0 aliphatic heterocycles. The molecular weight excluding hydrogens is 554 g/mol. The van der Waals surface area contributed by atoms with Crippen molar-refractivity contribution < 1.29 is 29.0 Å². The molecule has 3 N–H and O–H groups in total. The Labute approximate surface area is 228 Å². The summed E-state index contributed by atoms with van der Waals surface area (Å²) in [5, 5.41) is 15.0. The number of esters is 1. The molecule has 2 aromatic rings. The van der Waals surface area contributed by atoms with E-state index in [-0.39, 0.29) is 50.7 Å². The molecule has 2 unspecified atom stereocenters. The van der Waals surface area contributed by atoms with Crippen LogP contribution in [0.1, 0.15) is 53.3 Å². The second-order valence-electron chi connectivity index (χ2n) is 7.62. The van der Waals surface area contributed by atoms with Crippen molar-refractivity contribution in [1.29, 1.82) is 0 Å². The molecule has 2 atom stereocenters. The van der Waals surface area contributed by atoms with Crippen LogP contribution in [-0.4, -0.2) is 47.6 Å². The fraction of sp³-hybridized carbons (Fsp3) is 0.333. The van der Waals surface area contributed by atoms with Crippen molar-refractivity contribution in [1.82, 2.24) is 10.6 Å².